The van der Waals surface area contributed by atoms with Crippen LogP contribution in [-0.4, -0.2) is 45.5 Å². The molecule has 0 spiro atoms. The Labute approximate surface area is 118 Å². The molecule has 0 unspecified atom stereocenters. The first-order valence-electron chi connectivity index (χ1n) is 6.88. The number of rotatable bonds is 2. The lowest BCUT2D eigenvalue weighted by Crippen LogP contribution is -2.34. The van der Waals surface area contributed by atoms with Crippen LogP contribution in [0.1, 0.15) is 16.8 Å². The molecule has 0 aromatic heterocycles. The minimum atomic E-state index is -2.85. The standard InChI is InChI=1S/C14H18N2O3S/c17-14-12-3-1-2-4-13(12)16(7-6-15-14)9-11-5-8-20(18,19)10-11/h1-4,11H,5-10H2,(H,15,17)/t11-/m1/s1. The Kier molecular flexibility index (Phi) is 3.41. The first kappa shape index (κ1) is 13.4. The van der Waals surface area contributed by atoms with Crippen molar-refractivity contribution in [3.63, 3.8) is 0 Å². The number of hydrogen-bond acceptors (Lipinski definition) is 4. The minimum Gasteiger partial charge on any atom is -0.369 e. The number of carbonyl (C=O) groups is 1. The van der Waals surface area contributed by atoms with Gasteiger partial charge in [-0.3, -0.25) is 4.79 Å². The number of nitrogens with zero attached hydrogens (tertiary/aromatic N) is 1. The van der Waals surface area contributed by atoms with E-state index < -0.39 is 9.84 Å². The minimum absolute atomic E-state index is 0.0536. The molecule has 2 aliphatic rings. The third-order valence-electron chi connectivity index (χ3n) is 3.96. The summed E-state index contributed by atoms with van der Waals surface area (Å²) in [5.41, 5.74) is 1.58. The molecule has 1 aromatic carbocycles. The first-order chi connectivity index (χ1) is 9.55. The van der Waals surface area contributed by atoms with Gasteiger partial charge in [0.1, 0.15) is 0 Å². The topological polar surface area (TPSA) is 66.5 Å². The average molecular weight is 294 g/mol. The van der Waals surface area contributed by atoms with Crippen LogP contribution in [0.25, 0.3) is 0 Å². The number of carbonyl (C=O) groups excluding carboxylic acids is 1. The largest absolute Gasteiger partial charge is 0.369 e. The van der Waals surface area contributed by atoms with Crippen molar-refractivity contribution in [3.05, 3.63) is 29.8 Å². The Morgan fingerprint density at radius 2 is 2.10 bits per heavy atom. The molecule has 1 fully saturated rings. The molecule has 3 rings (SSSR count). The summed E-state index contributed by atoms with van der Waals surface area (Å²) >= 11 is 0. The Hall–Kier alpha value is -1.56. The molecular weight excluding hydrogens is 276 g/mol. The van der Waals surface area contributed by atoms with E-state index in [2.05, 4.69) is 10.2 Å². The van der Waals surface area contributed by atoms with Gasteiger partial charge in [0.05, 0.1) is 17.1 Å². The number of hydrogen-bond donors (Lipinski definition) is 1. The third-order valence-corrected chi connectivity index (χ3v) is 5.80. The lowest BCUT2D eigenvalue weighted by molar-refractivity contribution is 0.0958. The van der Waals surface area contributed by atoms with Crippen LogP contribution in [-0.2, 0) is 9.84 Å². The van der Waals surface area contributed by atoms with Gasteiger partial charge in [0, 0.05) is 25.3 Å². The van der Waals surface area contributed by atoms with Crippen molar-refractivity contribution in [1.29, 1.82) is 0 Å². The van der Waals surface area contributed by atoms with Crippen LogP contribution in [0.4, 0.5) is 5.69 Å². The summed E-state index contributed by atoms with van der Waals surface area (Å²) < 4.78 is 23.1. The number of nitrogens with one attached hydrogen (secondary N) is 1. The molecule has 20 heavy (non-hydrogen) atoms. The highest BCUT2D eigenvalue weighted by Gasteiger charge is 2.30. The summed E-state index contributed by atoms with van der Waals surface area (Å²) in [5, 5.41) is 2.87. The molecule has 5 nitrogen and oxygen atoms in total. The second-order valence-corrected chi connectivity index (χ2v) is 7.72. The normalized spacial score (nSPS) is 24.9. The zero-order valence-electron chi connectivity index (χ0n) is 11.2. The molecule has 1 atom stereocenters. The van der Waals surface area contributed by atoms with Crippen molar-refractivity contribution in [2.75, 3.05) is 36.0 Å². The Morgan fingerprint density at radius 1 is 1.30 bits per heavy atom. The van der Waals surface area contributed by atoms with Gasteiger partial charge in [-0.2, -0.15) is 0 Å². The van der Waals surface area contributed by atoms with Crippen LogP contribution in [0.5, 0.6) is 0 Å². The molecule has 0 saturated carbocycles. The van der Waals surface area contributed by atoms with Crippen molar-refractivity contribution < 1.29 is 13.2 Å². The quantitative estimate of drug-likeness (QED) is 0.870. The molecule has 0 bridgehead atoms. The van der Waals surface area contributed by atoms with Crippen LogP contribution in [0.2, 0.25) is 0 Å². The SMILES string of the molecule is O=C1NCCN(C[C@H]2CCS(=O)(=O)C2)c2ccccc21. The van der Waals surface area contributed by atoms with E-state index in [0.29, 0.717) is 24.4 Å². The lowest BCUT2D eigenvalue weighted by Gasteiger charge is -2.26. The molecule has 1 N–H and O–H groups in total. The highest BCUT2D eigenvalue weighted by atomic mass is 32.2. The summed E-state index contributed by atoms with van der Waals surface area (Å²) in [6.07, 6.45) is 0.725. The summed E-state index contributed by atoms with van der Waals surface area (Å²) in [7, 11) is -2.85. The van der Waals surface area contributed by atoms with Crippen LogP contribution in [0, 0.1) is 5.92 Å². The van der Waals surface area contributed by atoms with Crippen molar-refractivity contribution in [1.82, 2.24) is 5.32 Å². The van der Waals surface area contributed by atoms with Crippen LogP contribution >= 0.6 is 0 Å². The van der Waals surface area contributed by atoms with Crippen molar-refractivity contribution in [3.8, 4) is 0 Å². The van der Waals surface area contributed by atoms with Gasteiger partial charge >= 0.3 is 0 Å². The number of sulfone groups is 1. The van der Waals surface area contributed by atoms with Gasteiger partial charge in [0.25, 0.3) is 5.91 Å². The number of anilines is 1. The van der Waals surface area contributed by atoms with Crippen LogP contribution in [0.15, 0.2) is 24.3 Å². The van der Waals surface area contributed by atoms with Gasteiger partial charge in [0.2, 0.25) is 0 Å². The van der Waals surface area contributed by atoms with E-state index in [1.807, 2.05) is 24.3 Å². The van der Waals surface area contributed by atoms with Gasteiger partial charge < -0.3 is 10.2 Å². The summed E-state index contributed by atoms with van der Waals surface area (Å²) in [4.78, 5) is 14.1. The maximum atomic E-state index is 12.0. The third kappa shape index (κ3) is 2.65. The van der Waals surface area contributed by atoms with E-state index in [9.17, 15) is 13.2 Å². The number of amides is 1. The Morgan fingerprint density at radius 3 is 2.85 bits per heavy atom. The smallest absolute Gasteiger partial charge is 0.253 e. The van der Waals surface area contributed by atoms with Gasteiger partial charge in [-0.25, -0.2) is 8.42 Å². The molecule has 2 heterocycles. The highest BCUT2D eigenvalue weighted by Crippen LogP contribution is 2.26. The monoisotopic (exact) mass is 294 g/mol. The Balaban J connectivity index is 1.83. The molecule has 1 amide bonds. The summed E-state index contributed by atoms with van der Waals surface area (Å²) in [5.74, 6) is 0.681. The molecular formula is C14H18N2O3S. The zero-order chi connectivity index (χ0) is 14.2. The molecule has 0 radical (unpaired) electrons. The lowest BCUT2D eigenvalue weighted by atomic mass is 10.1. The summed E-state index contributed by atoms with van der Waals surface area (Å²) in [6.45, 7) is 2.01. The second-order valence-electron chi connectivity index (χ2n) is 5.49. The van der Waals surface area contributed by atoms with Crippen LogP contribution < -0.4 is 10.2 Å². The van der Waals surface area contributed by atoms with Crippen molar-refractivity contribution >= 4 is 21.4 Å². The van der Waals surface area contributed by atoms with Crippen molar-refractivity contribution in [2.45, 2.75) is 6.42 Å². The van der Waals surface area contributed by atoms with Gasteiger partial charge in [-0.05, 0) is 24.5 Å². The first-order valence-corrected chi connectivity index (χ1v) is 8.70. The van der Waals surface area contributed by atoms with Crippen LogP contribution in [0.3, 0.4) is 0 Å². The Bertz CT molecular complexity index is 627. The van der Waals surface area contributed by atoms with E-state index in [-0.39, 0.29) is 17.6 Å². The van der Waals surface area contributed by atoms with Gasteiger partial charge in [0.15, 0.2) is 9.84 Å². The molecule has 0 aliphatic carbocycles. The van der Waals surface area contributed by atoms with E-state index in [1.165, 1.54) is 0 Å². The summed E-state index contributed by atoms with van der Waals surface area (Å²) in [6, 6.07) is 7.51. The fourth-order valence-corrected chi connectivity index (χ4v) is 4.83. The van der Waals surface area contributed by atoms with Gasteiger partial charge in [-0.15, -0.1) is 0 Å². The molecule has 108 valence electrons. The molecule has 1 saturated heterocycles. The average Bonchev–Trinajstić information content (AvgIpc) is 2.68. The predicted molar refractivity (Wildman–Crippen MR) is 77.7 cm³/mol. The number of para-hydroxylation sites is 1. The number of fused-ring (bicyclic) bond motifs is 1. The van der Waals surface area contributed by atoms with Gasteiger partial charge in [-0.1, -0.05) is 12.1 Å². The molecule has 2 aliphatic heterocycles. The molecule has 1 aromatic rings. The number of benzene rings is 1. The zero-order valence-corrected chi connectivity index (χ0v) is 12.0. The highest BCUT2D eigenvalue weighted by molar-refractivity contribution is 7.91. The fourth-order valence-electron chi connectivity index (χ4n) is 2.98. The second kappa shape index (κ2) is 5.09. The van der Waals surface area contributed by atoms with E-state index >= 15 is 0 Å². The van der Waals surface area contributed by atoms with E-state index in [1.54, 1.807) is 0 Å². The maximum Gasteiger partial charge on any atom is 0.253 e. The fraction of sp³-hybridized carbons (Fsp3) is 0.500. The van der Waals surface area contributed by atoms with E-state index in [0.717, 1.165) is 18.7 Å². The van der Waals surface area contributed by atoms with E-state index in [4.69, 9.17) is 0 Å². The maximum absolute atomic E-state index is 12.0. The predicted octanol–water partition coefficient (Wildman–Crippen LogP) is 0.671. The van der Waals surface area contributed by atoms with Crippen molar-refractivity contribution in [2.24, 2.45) is 5.92 Å². The molecule has 6 heteroatoms.